The topological polar surface area (TPSA) is 51.8 Å². The predicted octanol–water partition coefficient (Wildman–Crippen LogP) is 10.3. The van der Waals surface area contributed by atoms with Gasteiger partial charge in [0.05, 0.1) is 16.9 Å². The minimum atomic E-state index is 0.177. The van der Waals surface area contributed by atoms with E-state index in [1.165, 1.54) is 27.5 Å². The van der Waals surface area contributed by atoms with Crippen LogP contribution in [0.2, 0.25) is 0 Å². The van der Waals surface area contributed by atoms with Crippen LogP contribution in [0.15, 0.2) is 83.3 Å². The van der Waals surface area contributed by atoms with Gasteiger partial charge in [0.1, 0.15) is 11.4 Å². The van der Waals surface area contributed by atoms with Gasteiger partial charge < -0.3 is 4.42 Å². The first-order valence-electron chi connectivity index (χ1n) is 14.4. The standard InChI is InChI=1S/C37H33N3O/c1-20(2)25-13-8-12-24-16-17-28-33(39-36(21(3)4)40-34(28)32(24)25)29-15-9-14-26-27-18-19-30(38-37(27)41-35(26)29)31-22(5)10-7-11-23(31)6/h7-21H,1-6H3. The lowest BCUT2D eigenvalue weighted by molar-refractivity contribution is 0.655. The maximum atomic E-state index is 6.61. The van der Waals surface area contributed by atoms with Crippen LogP contribution in [-0.2, 0) is 0 Å². The number of para-hydroxylation sites is 1. The van der Waals surface area contributed by atoms with Gasteiger partial charge in [-0.25, -0.2) is 15.0 Å². The molecule has 0 radical (unpaired) electrons. The highest BCUT2D eigenvalue weighted by molar-refractivity contribution is 6.14. The van der Waals surface area contributed by atoms with Crippen LogP contribution in [0.25, 0.3) is 66.3 Å². The first-order chi connectivity index (χ1) is 19.8. The summed E-state index contributed by atoms with van der Waals surface area (Å²) in [6.45, 7) is 13.1. The summed E-state index contributed by atoms with van der Waals surface area (Å²) in [5, 5.41) is 5.49. The van der Waals surface area contributed by atoms with Crippen LogP contribution in [0.5, 0.6) is 0 Å². The first-order valence-corrected chi connectivity index (χ1v) is 14.4. The van der Waals surface area contributed by atoms with Crippen molar-refractivity contribution < 1.29 is 4.42 Å². The number of fused-ring (bicyclic) bond motifs is 6. The number of hydrogen-bond donors (Lipinski definition) is 0. The molecule has 41 heavy (non-hydrogen) atoms. The van der Waals surface area contributed by atoms with Gasteiger partial charge in [-0.3, -0.25) is 0 Å². The molecule has 3 heterocycles. The highest BCUT2D eigenvalue weighted by atomic mass is 16.3. The van der Waals surface area contributed by atoms with E-state index < -0.39 is 0 Å². The summed E-state index contributed by atoms with van der Waals surface area (Å²) >= 11 is 0. The van der Waals surface area contributed by atoms with Crippen LogP contribution in [0.4, 0.5) is 0 Å². The Morgan fingerprint density at radius 2 is 1.37 bits per heavy atom. The molecule has 4 heteroatoms. The maximum absolute atomic E-state index is 6.61. The van der Waals surface area contributed by atoms with Gasteiger partial charge >= 0.3 is 0 Å². The Morgan fingerprint density at radius 3 is 2.12 bits per heavy atom. The van der Waals surface area contributed by atoms with Crippen LogP contribution >= 0.6 is 0 Å². The Morgan fingerprint density at radius 1 is 0.634 bits per heavy atom. The lowest BCUT2D eigenvalue weighted by Crippen LogP contribution is -2.02. The summed E-state index contributed by atoms with van der Waals surface area (Å²) in [4.78, 5) is 15.4. The molecule has 0 atom stereocenters. The van der Waals surface area contributed by atoms with E-state index in [1.807, 2.05) is 0 Å². The second kappa shape index (κ2) is 9.52. The zero-order valence-electron chi connectivity index (χ0n) is 24.4. The van der Waals surface area contributed by atoms with Gasteiger partial charge in [-0.05, 0) is 66.1 Å². The minimum Gasteiger partial charge on any atom is -0.437 e. The number of rotatable bonds is 4. The predicted molar refractivity (Wildman–Crippen MR) is 171 cm³/mol. The number of furan rings is 1. The maximum Gasteiger partial charge on any atom is 0.227 e. The van der Waals surface area contributed by atoms with Crippen molar-refractivity contribution in [2.75, 3.05) is 0 Å². The molecule has 4 aromatic carbocycles. The van der Waals surface area contributed by atoms with Crippen LogP contribution in [0.3, 0.4) is 0 Å². The molecule has 0 bridgehead atoms. The summed E-state index contributed by atoms with van der Waals surface area (Å²) in [6, 6.07) is 27.8. The molecule has 0 fully saturated rings. The van der Waals surface area contributed by atoms with Gasteiger partial charge in [0.15, 0.2) is 0 Å². The van der Waals surface area contributed by atoms with E-state index in [9.17, 15) is 0 Å². The van der Waals surface area contributed by atoms with Crippen molar-refractivity contribution in [2.24, 2.45) is 0 Å². The zero-order chi connectivity index (χ0) is 28.4. The van der Waals surface area contributed by atoms with Crippen LogP contribution in [-0.4, -0.2) is 15.0 Å². The van der Waals surface area contributed by atoms with E-state index in [4.69, 9.17) is 19.4 Å². The van der Waals surface area contributed by atoms with Crippen molar-refractivity contribution in [3.8, 4) is 22.5 Å². The number of aryl methyl sites for hydroxylation is 2. The Labute approximate surface area is 240 Å². The molecular weight excluding hydrogens is 502 g/mol. The molecule has 0 unspecified atom stereocenters. The quantitative estimate of drug-likeness (QED) is 0.210. The van der Waals surface area contributed by atoms with Gasteiger partial charge in [0.25, 0.3) is 0 Å². The Balaban J connectivity index is 1.53. The molecule has 7 rings (SSSR count). The third-order valence-corrected chi connectivity index (χ3v) is 8.25. The van der Waals surface area contributed by atoms with E-state index >= 15 is 0 Å². The zero-order valence-corrected chi connectivity index (χ0v) is 24.4. The molecule has 4 nitrogen and oxygen atoms in total. The van der Waals surface area contributed by atoms with Crippen molar-refractivity contribution in [3.05, 3.63) is 101 Å². The van der Waals surface area contributed by atoms with Crippen molar-refractivity contribution in [1.29, 1.82) is 0 Å². The monoisotopic (exact) mass is 535 g/mol. The lowest BCUT2D eigenvalue weighted by atomic mass is 9.93. The molecule has 0 saturated heterocycles. The summed E-state index contributed by atoms with van der Waals surface area (Å²) in [5.41, 5.74) is 10.1. The van der Waals surface area contributed by atoms with E-state index in [1.54, 1.807) is 0 Å². The van der Waals surface area contributed by atoms with Gasteiger partial charge in [-0.2, -0.15) is 0 Å². The average molecular weight is 536 g/mol. The third kappa shape index (κ3) is 4.01. The van der Waals surface area contributed by atoms with Gasteiger partial charge in [0.2, 0.25) is 5.71 Å². The average Bonchev–Trinajstić information content (AvgIpc) is 3.34. The summed E-state index contributed by atoms with van der Waals surface area (Å²) in [5.74, 6) is 1.39. The summed E-state index contributed by atoms with van der Waals surface area (Å²) < 4.78 is 6.61. The van der Waals surface area contributed by atoms with E-state index in [2.05, 4.69) is 120 Å². The second-order valence-corrected chi connectivity index (χ2v) is 11.7. The molecule has 0 spiro atoms. The molecule has 3 aromatic heterocycles. The Bertz CT molecular complexity index is 2110. The van der Waals surface area contributed by atoms with E-state index in [-0.39, 0.29) is 5.92 Å². The van der Waals surface area contributed by atoms with Crippen molar-refractivity contribution in [2.45, 2.75) is 53.4 Å². The fourth-order valence-corrected chi connectivity index (χ4v) is 6.18. The molecule has 0 saturated carbocycles. The Kier molecular flexibility index (Phi) is 5.90. The fraction of sp³-hybridized carbons (Fsp3) is 0.216. The number of pyridine rings is 1. The highest BCUT2D eigenvalue weighted by Gasteiger charge is 2.21. The van der Waals surface area contributed by atoms with Crippen molar-refractivity contribution in [1.82, 2.24) is 15.0 Å². The molecule has 202 valence electrons. The molecule has 0 aliphatic rings. The third-order valence-electron chi connectivity index (χ3n) is 8.25. The van der Waals surface area contributed by atoms with Crippen LogP contribution < -0.4 is 0 Å². The molecule has 0 aliphatic carbocycles. The minimum absolute atomic E-state index is 0.177. The van der Waals surface area contributed by atoms with Gasteiger partial charge in [0, 0.05) is 38.6 Å². The number of benzene rings is 4. The number of hydrogen-bond acceptors (Lipinski definition) is 4. The number of nitrogens with zero attached hydrogens (tertiary/aromatic N) is 3. The highest BCUT2D eigenvalue weighted by Crippen LogP contribution is 2.40. The van der Waals surface area contributed by atoms with Gasteiger partial charge in [-0.1, -0.05) is 82.3 Å². The molecule has 7 aromatic rings. The van der Waals surface area contributed by atoms with E-state index in [0.717, 1.165) is 55.6 Å². The van der Waals surface area contributed by atoms with Gasteiger partial charge in [-0.15, -0.1) is 0 Å². The molecule has 0 aliphatic heterocycles. The normalized spacial score (nSPS) is 12.1. The van der Waals surface area contributed by atoms with E-state index in [0.29, 0.717) is 11.6 Å². The van der Waals surface area contributed by atoms with Crippen LogP contribution in [0, 0.1) is 13.8 Å². The fourth-order valence-electron chi connectivity index (χ4n) is 6.18. The summed E-state index contributed by atoms with van der Waals surface area (Å²) in [7, 11) is 0. The SMILES string of the molecule is Cc1cccc(C)c1-c1ccc2c(n1)oc1c(-c3nc(C(C)C)nc4c3ccc3cccc(C(C)C)c34)cccc12. The van der Waals surface area contributed by atoms with Crippen LogP contribution in [0.1, 0.15) is 62.0 Å². The first kappa shape index (κ1) is 25.4. The Hall–Kier alpha value is -4.57. The lowest BCUT2D eigenvalue weighted by Gasteiger charge is -2.16. The second-order valence-electron chi connectivity index (χ2n) is 11.7. The molecule has 0 amide bonds. The van der Waals surface area contributed by atoms with Crippen molar-refractivity contribution in [3.63, 3.8) is 0 Å². The molecule has 0 N–H and O–H groups in total. The number of aromatic nitrogens is 3. The smallest absolute Gasteiger partial charge is 0.227 e. The molecular formula is C37H33N3O. The largest absolute Gasteiger partial charge is 0.437 e. The summed E-state index contributed by atoms with van der Waals surface area (Å²) in [6.07, 6.45) is 0. The van der Waals surface area contributed by atoms with Crippen molar-refractivity contribution >= 4 is 43.7 Å².